The summed E-state index contributed by atoms with van der Waals surface area (Å²) in [4.78, 5) is 14.8. The number of aryl methyl sites for hydroxylation is 3. The van der Waals surface area contributed by atoms with Crippen LogP contribution in [0.5, 0.6) is 0 Å². The largest absolute Gasteiger partial charge is 0.326 e. The van der Waals surface area contributed by atoms with Gasteiger partial charge in [-0.05, 0) is 44.0 Å². The first-order valence-corrected chi connectivity index (χ1v) is 6.03. The lowest BCUT2D eigenvalue weighted by Gasteiger charge is -2.10. The average molecular weight is 242 g/mol. The molecule has 1 aromatic heterocycles. The number of rotatable bonds is 2. The first-order chi connectivity index (χ1) is 8.52. The third kappa shape index (κ3) is 2.22. The van der Waals surface area contributed by atoms with Crippen molar-refractivity contribution in [3.8, 4) is 11.3 Å². The number of aromatic nitrogens is 1. The number of aromatic amines is 1. The van der Waals surface area contributed by atoms with Gasteiger partial charge in [0.15, 0.2) is 0 Å². The van der Waals surface area contributed by atoms with Crippen molar-refractivity contribution in [2.75, 3.05) is 0 Å². The molecule has 18 heavy (non-hydrogen) atoms. The third-order valence-corrected chi connectivity index (χ3v) is 3.25. The Bertz CT molecular complexity index is 641. The highest BCUT2D eigenvalue weighted by Crippen LogP contribution is 2.23. The molecule has 0 saturated carbocycles. The van der Waals surface area contributed by atoms with Crippen LogP contribution in [0.1, 0.15) is 22.3 Å². The zero-order valence-corrected chi connectivity index (χ0v) is 11.0. The van der Waals surface area contributed by atoms with E-state index in [4.69, 9.17) is 5.73 Å². The minimum Gasteiger partial charge on any atom is -0.326 e. The summed E-state index contributed by atoms with van der Waals surface area (Å²) in [6.45, 7) is 6.28. The van der Waals surface area contributed by atoms with Gasteiger partial charge in [-0.3, -0.25) is 4.79 Å². The average Bonchev–Trinajstić information content (AvgIpc) is 2.32. The number of nitrogens with two attached hydrogens (primary N) is 1. The Morgan fingerprint density at radius 1 is 1.11 bits per heavy atom. The van der Waals surface area contributed by atoms with Gasteiger partial charge in [-0.1, -0.05) is 17.7 Å². The van der Waals surface area contributed by atoms with Crippen molar-refractivity contribution in [1.29, 1.82) is 0 Å². The fraction of sp³-hybridized carbons (Fsp3) is 0.267. The second kappa shape index (κ2) is 4.78. The highest BCUT2D eigenvalue weighted by molar-refractivity contribution is 5.65. The molecule has 3 N–H and O–H groups in total. The summed E-state index contributed by atoms with van der Waals surface area (Å²) < 4.78 is 0. The van der Waals surface area contributed by atoms with Gasteiger partial charge >= 0.3 is 0 Å². The number of benzene rings is 1. The van der Waals surface area contributed by atoms with E-state index in [9.17, 15) is 4.79 Å². The third-order valence-electron chi connectivity index (χ3n) is 3.25. The van der Waals surface area contributed by atoms with Crippen LogP contribution in [0.3, 0.4) is 0 Å². The standard InChI is InChI=1S/C15H18N2O/c1-9-4-5-10(2)12(6-9)14-7-11(3)13(8-16)15(18)17-14/h4-7H,8,16H2,1-3H3,(H,17,18). The van der Waals surface area contributed by atoms with Crippen LogP contribution in [0, 0.1) is 20.8 Å². The van der Waals surface area contributed by atoms with Gasteiger partial charge in [-0.2, -0.15) is 0 Å². The predicted molar refractivity (Wildman–Crippen MR) is 74.6 cm³/mol. The van der Waals surface area contributed by atoms with Gasteiger partial charge in [-0.25, -0.2) is 0 Å². The molecule has 2 aromatic rings. The normalized spacial score (nSPS) is 10.7. The Morgan fingerprint density at radius 3 is 2.44 bits per heavy atom. The molecule has 0 aliphatic heterocycles. The molecule has 1 heterocycles. The number of H-pyrrole nitrogens is 1. The van der Waals surface area contributed by atoms with Crippen molar-refractivity contribution in [2.45, 2.75) is 27.3 Å². The maximum absolute atomic E-state index is 11.9. The zero-order chi connectivity index (χ0) is 13.3. The molecule has 0 spiro atoms. The van der Waals surface area contributed by atoms with Gasteiger partial charge in [0, 0.05) is 23.4 Å². The van der Waals surface area contributed by atoms with Crippen molar-refractivity contribution in [1.82, 2.24) is 4.98 Å². The summed E-state index contributed by atoms with van der Waals surface area (Å²) in [7, 11) is 0. The molecule has 0 radical (unpaired) electrons. The zero-order valence-electron chi connectivity index (χ0n) is 11.0. The molecule has 0 amide bonds. The molecule has 3 heteroatoms. The summed E-state index contributed by atoms with van der Waals surface area (Å²) in [6.07, 6.45) is 0. The topological polar surface area (TPSA) is 58.9 Å². The smallest absolute Gasteiger partial charge is 0.253 e. The van der Waals surface area contributed by atoms with Gasteiger partial charge in [0.05, 0.1) is 0 Å². The molecule has 0 unspecified atom stereocenters. The van der Waals surface area contributed by atoms with E-state index in [1.54, 1.807) is 0 Å². The van der Waals surface area contributed by atoms with Crippen molar-refractivity contribution in [3.63, 3.8) is 0 Å². The van der Waals surface area contributed by atoms with E-state index in [0.717, 1.165) is 22.4 Å². The molecular formula is C15H18N2O. The van der Waals surface area contributed by atoms with Crippen LogP contribution in [0.25, 0.3) is 11.3 Å². The second-order valence-corrected chi connectivity index (χ2v) is 4.70. The van der Waals surface area contributed by atoms with Gasteiger partial charge in [0.25, 0.3) is 5.56 Å². The number of hydrogen-bond acceptors (Lipinski definition) is 2. The first kappa shape index (κ1) is 12.6. The lowest BCUT2D eigenvalue weighted by atomic mass is 10.0. The Hall–Kier alpha value is -1.87. The number of pyridine rings is 1. The van der Waals surface area contributed by atoms with Crippen LogP contribution in [0.4, 0.5) is 0 Å². The fourth-order valence-electron chi connectivity index (χ4n) is 2.14. The number of hydrogen-bond donors (Lipinski definition) is 2. The lowest BCUT2D eigenvalue weighted by Crippen LogP contribution is -2.18. The summed E-state index contributed by atoms with van der Waals surface area (Å²) >= 11 is 0. The summed E-state index contributed by atoms with van der Waals surface area (Å²) in [5, 5.41) is 0. The van der Waals surface area contributed by atoms with E-state index in [2.05, 4.69) is 23.2 Å². The highest BCUT2D eigenvalue weighted by atomic mass is 16.1. The highest BCUT2D eigenvalue weighted by Gasteiger charge is 2.08. The van der Waals surface area contributed by atoms with Crippen LogP contribution in [0.2, 0.25) is 0 Å². The minimum absolute atomic E-state index is 0.0894. The van der Waals surface area contributed by atoms with Gasteiger partial charge in [0.1, 0.15) is 0 Å². The first-order valence-electron chi connectivity index (χ1n) is 6.03. The number of nitrogens with one attached hydrogen (secondary N) is 1. The van der Waals surface area contributed by atoms with Crippen LogP contribution >= 0.6 is 0 Å². The van der Waals surface area contributed by atoms with Crippen LogP contribution < -0.4 is 11.3 Å². The van der Waals surface area contributed by atoms with E-state index < -0.39 is 0 Å². The van der Waals surface area contributed by atoms with Gasteiger partial charge < -0.3 is 10.7 Å². The van der Waals surface area contributed by atoms with Crippen molar-refractivity contribution < 1.29 is 0 Å². The summed E-state index contributed by atoms with van der Waals surface area (Å²) in [5.41, 5.74) is 11.3. The van der Waals surface area contributed by atoms with Gasteiger partial charge in [0.2, 0.25) is 0 Å². The van der Waals surface area contributed by atoms with E-state index in [0.29, 0.717) is 5.56 Å². The molecular weight excluding hydrogens is 224 g/mol. The van der Waals surface area contributed by atoms with Crippen LogP contribution in [-0.4, -0.2) is 4.98 Å². The van der Waals surface area contributed by atoms with Crippen molar-refractivity contribution in [2.24, 2.45) is 5.73 Å². The maximum atomic E-state index is 11.9. The van der Waals surface area contributed by atoms with Gasteiger partial charge in [-0.15, -0.1) is 0 Å². The lowest BCUT2D eigenvalue weighted by molar-refractivity contribution is 0.995. The Morgan fingerprint density at radius 2 is 1.83 bits per heavy atom. The Balaban J connectivity index is 2.65. The minimum atomic E-state index is -0.0894. The SMILES string of the molecule is Cc1ccc(C)c(-c2cc(C)c(CN)c(=O)[nH]2)c1. The molecule has 0 saturated heterocycles. The molecule has 0 atom stereocenters. The Kier molecular flexibility index (Phi) is 3.34. The monoisotopic (exact) mass is 242 g/mol. The summed E-state index contributed by atoms with van der Waals surface area (Å²) in [5.74, 6) is 0. The van der Waals surface area contributed by atoms with E-state index >= 15 is 0 Å². The molecule has 1 aromatic carbocycles. The van der Waals surface area contributed by atoms with E-state index in [1.165, 1.54) is 5.56 Å². The van der Waals surface area contributed by atoms with Crippen molar-refractivity contribution in [3.05, 3.63) is 56.9 Å². The fourth-order valence-corrected chi connectivity index (χ4v) is 2.14. The molecule has 0 fully saturated rings. The Labute approximate surface area is 107 Å². The maximum Gasteiger partial charge on any atom is 0.253 e. The molecule has 0 bridgehead atoms. The summed E-state index contributed by atoms with van der Waals surface area (Å²) in [6, 6.07) is 8.21. The van der Waals surface area contributed by atoms with E-state index in [-0.39, 0.29) is 12.1 Å². The molecule has 0 aliphatic rings. The molecule has 0 aliphatic carbocycles. The molecule has 2 rings (SSSR count). The van der Waals surface area contributed by atoms with E-state index in [1.807, 2.05) is 26.8 Å². The van der Waals surface area contributed by atoms with Crippen LogP contribution in [-0.2, 0) is 6.54 Å². The quantitative estimate of drug-likeness (QED) is 0.849. The second-order valence-electron chi connectivity index (χ2n) is 4.70. The van der Waals surface area contributed by atoms with Crippen molar-refractivity contribution >= 4 is 0 Å². The molecule has 3 nitrogen and oxygen atoms in total. The molecule has 94 valence electrons. The predicted octanol–water partition coefficient (Wildman–Crippen LogP) is 2.43. The van der Waals surface area contributed by atoms with Crippen LogP contribution in [0.15, 0.2) is 29.1 Å².